The predicted molar refractivity (Wildman–Crippen MR) is 64.4 cm³/mol. The molecule has 3 rings (SSSR count). The topological polar surface area (TPSA) is 0 Å². The Labute approximate surface area is 94.8 Å². The maximum atomic E-state index is 2.57. The summed E-state index contributed by atoms with van der Waals surface area (Å²) in [5.74, 6) is 3.95. The smallest absolute Gasteiger partial charge is 0.0577 e. The van der Waals surface area contributed by atoms with E-state index in [0.717, 1.165) is 11.8 Å². The third kappa shape index (κ3) is 1.29. The van der Waals surface area contributed by atoms with Gasteiger partial charge in [-0.1, -0.05) is 13.8 Å². The van der Waals surface area contributed by atoms with Crippen molar-refractivity contribution in [1.29, 1.82) is 0 Å². The van der Waals surface area contributed by atoms with Crippen molar-refractivity contribution in [2.24, 2.45) is 22.7 Å². The van der Waals surface area contributed by atoms with E-state index in [-0.39, 0.29) is 0 Å². The molecular formula is C15H25+. The first-order valence-electron chi connectivity index (χ1n) is 6.90. The zero-order valence-corrected chi connectivity index (χ0v) is 10.6. The molecule has 15 heavy (non-hydrogen) atoms. The van der Waals surface area contributed by atoms with Gasteiger partial charge in [-0.3, -0.25) is 0 Å². The van der Waals surface area contributed by atoms with E-state index in [1.807, 2.05) is 5.92 Å². The average molecular weight is 205 g/mol. The molecular weight excluding hydrogens is 180 g/mol. The minimum atomic E-state index is 0.633. The van der Waals surface area contributed by atoms with Gasteiger partial charge in [0.1, 0.15) is 17.3 Å². The van der Waals surface area contributed by atoms with Crippen molar-refractivity contribution in [3.63, 3.8) is 0 Å². The molecule has 3 aliphatic carbocycles. The molecule has 0 heteroatoms. The summed E-state index contributed by atoms with van der Waals surface area (Å²) in [6.45, 7) is 7.62. The molecule has 0 aromatic heterocycles. The summed E-state index contributed by atoms with van der Waals surface area (Å²) < 4.78 is 0. The van der Waals surface area contributed by atoms with Crippen LogP contribution in [0, 0.1) is 28.6 Å². The van der Waals surface area contributed by atoms with Crippen molar-refractivity contribution in [2.45, 2.75) is 65.7 Å². The Balaban J connectivity index is 1.96. The number of rotatable bonds is 0. The van der Waals surface area contributed by atoms with Gasteiger partial charge in [-0.05, 0) is 45.4 Å². The Bertz CT molecular complexity index is 269. The van der Waals surface area contributed by atoms with Gasteiger partial charge < -0.3 is 0 Å². The van der Waals surface area contributed by atoms with Gasteiger partial charge >= 0.3 is 0 Å². The maximum absolute atomic E-state index is 2.57. The lowest BCUT2D eigenvalue weighted by Gasteiger charge is -2.40. The summed E-state index contributed by atoms with van der Waals surface area (Å²) in [7, 11) is 0. The van der Waals surface area contributed by atoms with Gasteiger partial charge in [0.25, 0.3) is 0 Å². The second-order valence-corrected chi connectivity index (χ2v) is 7.16. The highest BCUT2D eigenvalue weighted by Gasteiger charge is 2.64. The summed E-state index contributed by atoms with van der Waals surface area (Å²) >= 11 is 0. The van der Waals surface area contributed by atoms with Crippen molar-refractivity contribution >= 4 is 0 Å². The normalized spacial score (nSPS) is 54.2. The van der Waals surface area contributed by atoms with Crippen LogP contribution in [0.1, 0.15) is 65.7 Å². The van der Waals surface area contributed by atoms with Crippen LogP contribution >= 0.6 is 0 Å². The molecule has 2 bridgehead atoms. The molecule has 3 saturated carbocycles. The number of hydrogen-bond acceptors (Lipinski definition) is 0. The van der Waals surface area contributed by atoms with E-state index in [4.69, 9.17) is 0 Å². The van der Waals surface area contributed by atoms with E-state index >= 15 is 0 Å². The Morgan fingerprint density at radius 1 is 1.13 bits per heavy atom. The van der Waals surface area contributed by atoms with Gasteiger partial charge in [0, 0.05) is 11.3 Å². The molecule has 4 atom stereocenters. The molecule has 3 aliphatic rings. The van der Waals surface area contributed by atoms with Gasteiger partial charge in [-0.2, -0.15) is 0 Å². The lowest BCUT2D eigenvalue weighted by molar-refractivity contribution is 0.110. The predicted octanol–water partition coefficient (Wildman–Crippen LogP) is 4.60. The molecule has 0 N–H and O–H groups in total. The van der Waals surface area contributed by atoms with Crippen LogP contribution in [0.4, 0.5) is 0 Å². The van der Waals surface area contributed by atoms with E-state index in [1.165, 1.54) is 44.9 Å². The Morgan fingerprint density at radius 3 is 2.73 bits per heavy atom. The SMILES string of the molecule is CC1CC2CCCC3(C)CCC1(C)[C+]2C3. The molecule has 0 spiro atoms. The van der Waals surface area contributed by atoms with E-state index in [2.05, 4.69) is 20.8 Å². The first kappa shape index (κ1) is 10.1. The van der Waals surface area contributed by atoms with Gasteiger partial charge in [0.2, 0.25) is 0 Å². The molecule has 3 fully saturated rings. The van der Waals surface area contributed by atoms with Crippen LogP contribution in [-0.2, 0) is 0 Å². The van der Waals surface area contributed by atoms with Crippen LogP contribution in [0.2, 0.25) is 0 Å². The summed E-state index contributed by atoms with van der Waals surface area (Å²) in [5.41, 5.74) is 1.32. The minimum absolute atomic E-state index is 0.633. The molecule has 0 aromatic carbocycles. The molecule has 0 aliphatic heterocycles. The molecule has 0 heterocycles. The van der Waals surface area contributed by atoms with Gasteiger partial charge in [0.05, 0.1) is 6.42 Å². The van der Waals surface area contributed by atoms with Crippen molar-refractivity contribution in [3.8, 4) is 0 Å². The van der Waals surface area contributed by atoms with E-state index < -0.39 is 0 Å². The molecule has 0 saturated heterocycles. The maximum Gasteiger partial charge on any atom is 0.110 e. The number of fused-ring (bicyclic) bond motifs is 1. The fraction of sp³-hybridized carbons (Fsp3) is 0.933. The quantitative estimate of drug-likeness (QED) is 0.507. The van der Waals surface area contributed by atoms with Gasteiger partial charge in [-0.25, -0.2) is 0 Å². The zero-order chi connectivity index (χ0) is 10.7. The van der Waals surface area contributed by atoms with Crippen LogP contribution < -0.4 is 0 Å². The van der Waals surface area contributed by atoms with Crippen molar-refractivity contribution in [1.82, 2.24) is 0 Å². The van der Waals surface area contributed by atoms with Crippen LogP contribution in [-0.4, -0.2) is 0 Å². The highest BCUT2D eigenvalue weighted by Crippen LogP contribution is 2.66. The third-order valence-corrected chi connectivity index (χ3v) is 6.15. The molecule has 0 nitrogen and oxygen atoms in total. The summed E-state index contributed by atoms with van der Waals surface area (Å²) in [4.78, 5) is 0. The second-order valence-electron chi connectivity index (χ2n) is 7.16. The van der Waals surface area contributed by atoms with Crippen LogP contribution in [0.5, 0.6) is 0 Å². The second kappa shape index (κ2) is 2.96. The van der Waals surface area contributed by atoms with Crippen molar-refractivity contribution in [3.05, 3.63) is 5.92 Å². The fourth-order valence-electron chi connectivity index (χ4n) is 4.76. The highest BCUT2D eigenvalue weighted by atomic mass is 14.6. The lowest BCUT2D eigenvalue weighted by Crippen LogP contribution is -2.37. The van der Waals surface area contributed by atoms with E-state index in [1.54, 1.807) is 0 Å². The third-order valence-electron chi connectivity index (χ3n) is 6.15. The van der Waals surface area contributed by atoms with E-state index in [9.17, 15) is 0 Å². The van der Waals surface area contributed by atoms with Gasteiger partial charge in [0.15, 0.2) is 0 Å². The molecule has 0 aromatic rings. The van der Waals surface area contributed by atoms with Gasteiger partial charge in [-0.15, -0.1) is 0 Å². The first-order valence-corrected chi connectivity index (χ1v) is 6.90. The first-order chi connectivity index (χ1) is 7.04. The molecule has 84 valence electrons. The molecule has 4 unspecified atom stereocenters. The average Bonchev–Trinajstić information content (AvgIpc) is 2.36. The zero-order valence-electron chi connectivity index (χ0n) is 10.6. The Morgan fingerprint density at radius 2 is 1.93 bits per heavy atom. The van der Waals surface area contributed by atoms with Crippen molar-refractivity contribution < 1.29 is 0 Å². The Hall–Kier alpha value is -0.130. The highest BCUT2D eigenvalue weighted by molar-refractivity contribution is 5.21. The number of hydrogen-bond donors (Lipinski definition) is 0. The summed E-state index contributed by atoms with van der Waals surface area (Å²) in [6, 6.07) is 0. The van der Waals surface area contributed by atoms with Crippen LogP contribution in [0.3, 0.4) is 0 Å². The standard InChI is InChI=1S/C15H25/c1-11-9-12-5-4-6-14(2)7-8-15(11,3)13(12)10-14/h11-12H,4-10H2,1-3H3/q+1. The minimum Gasteiger partial charge on any atom is -0.0577 e. The molecule has 0 radical (unpaired) electrons. The van der Waals surface area contributed by atoms with Crippen LogP contribution in [0.25, 0.3) is 0 Å². The molecule has 0 amide bonds. The monoisotopic (exact) mass is 205 g/mol. The van der Waals surface area contributed by atoms with E-state index in [0.29, 0.717) is 10.8 Å². The summed E-state index contributed by atoms with van der Waals surface area (Å²) in [5, 5.41) is 0. The Kier molecular flexibility index (Phi) is 1.98. The van der Waals surface area contributed by atoms with Crippen LogP contribution in [0.15, 0.2) is 0 Å². The fourth-order valence-corrected chi connectivity index (χ4v) is 4.76. The largest absolute Gasteiger partial charge is 0.110 e. The van der Waals surface area contributed by atoms with Crippen molar-refractivity contribution in [2.75, 3.05) is 0 Å². The summed E-state index contributed by atoms with van der Waals surface area (Å²) in [6.07, 6.45) is 10.4. The lowest BCUT2D eigenvalue weighted by atomic mass is 9.58.